The summed E-state index contributed by atoms with van der Waals surface area (Å²) in [6, 6.07) is 12.0. The van der Waals surface area contributed by atoms with Gasteiger partial charge in [-0.3, -0.25) is 4.79 Å². The average molecular weight is 339 g/mol. The van der Waals surface area contributed by atoms with E-state index < -0.39 is 17.5 Å². The first kappa shape index (κ1) is 16.3. The maximum atomic E-state index is 12.3. The van der Waals surface area contributed by atoms with Gasteiger partial charge in [-0.05, 0) is 36.4 Å². The smallest absolute Gasteiger partial charge is 0.349 e. The maximum Gasteiger partial charge on any atom is 0.349 e. The summed E-state index contributed by atoms with van der Waals surface area (Å²) >= 11 is 0. The molecule has 0 aliphatic carbocycles. The molecule has 2 N–H and O–H groups in total. The topological polar surface area (TPSA) is 106 Å². The number of carbonyl (C=O) groups excluding carboxylic acids is 1. The quantitative estimate of drug-likeness (QED) is 0.708. The second-order valence-electron chi connectivity index (χ2n) is 5.19. The zero-order chi connectivity index (χ0) is 18.0. The van der Waals surface area contributed by atoms with Gasteiger partial charge in [-0.1, -0.05) is 6.07 Å². The number of carboxylic acid groups (broad SMARTS) is 1. The third-order valence-corrected chi connectivity index (χ3v) is 3.56. The van der Waals surface area contributed by atoms with Crippen LogP contribution in [0, 0.1) is 0 Å². The van der Waals surface area contributed by atoms with Gasteiger partial charge in [-0.15, -0.1) is 0 Å². The molecule has 1 heterocycles. The number of nitrogens with one attached hydrogen (secondary N) is 1. The minimum absolute atomic E-state index is 0.0236. The molecule has 1 amide bonds. The third-order valence-electron chi connectivity index (χ3n) is 3.56. The van der Waals surface area contributed by atoms with E-state index in [1.54, 1.807) is 18.2 Å². The molecule has 0 atom stereocenters. The van der Waals surface area contributed by atoms with Crippen LogP contribution in [-0.4, -0.2) is 24.1 Å². The van der Waals surface area contributed by atoms with E-state index in [0.717, 1.165) is 0 Å². The zero-order valence-electron chi connectivity index (χ0n) is 13.1. The van der Waals surface area contributed by atoms with Crippen molar-refractivity contribution in [3.63, 3.8) is 0 Å². The van der Waals surface area contributed by atoms with Crippen LogP contribution in [0.4, 0.5) is 5.69 Å². The Bertz CT molecular complexity index is 1040. The van der Waals surface area contributed by atoms with Crippen molar-refractivity contribution in [3.8, 4) is 5.75 Å². The number of fused-ring (bicyclic) bond motifs is 1. The summed E-state index contributed by atoms with van der Waals surface area (Å²) in [5.41, 5.74) is -0.394. The summed E-state index contributed by atoms with van der Waals surface area (Å²) in [7, 11) is 1.49. The number of carbonyl (C=O) groups is 2. The molecule has 0 saturated heterocycles. The Kier molecular flexibility index (Phi) is 4.21. The summed E-state index contributed by atoms with van der Waals surface area (Å²) < 4.78 is 10.2. The summed E-state index contributed by atoms with van der Waals surface area (Å²) in [5.74, 6) is -1.28. The largest absolute Gasteiger partial charge is 0.497 e. The van der Waals surface area contributed by atoms with Gasteiger partial charge in [-0.25, -0.2) is 9.59 Å². The highest BCUT2D eigenvalue weighted by Crippen LogP contribution is 2.20. The molecule has 7 nitrogen and oxygen atoms in total. The molecule has 0 saturated carbocycles. The van der Waals surface area contributed by atoms with Crippen molar-refractivity contribution in [2.75, 3.05) is 12.4 Å². The molecule has 0 aliphatic rings. The van der Waals surface area contributed by atoms with Crippen LogP contribution >= 0.6 is 0 Å². The fourth-order valence-electron chi connectivity index (χ4n) is 2.31. The van der Waals surface area contributed by atoms with Gasteiger partial charge in [-0.2, -0.15) is 0 Å². The second-order valence-corrected chi connectivity index (χ2v) is 5.19. The van der Waals surface area contributed by atoms with Gasteiger partial charge in [0.05, 0.1) is 12.7 Å². The van der Waals surface area contributed by atoms with Crippen LogP contribution in [-0.2, 0) is 0 Å². The molecule has 1 aromatic heterocycles. The first-order chi connectivity index (χ1) is 12.0. The zero-order valence-corrected chi connectivity index (χ0v) is 13.1. The maximum absolute atomic E-state index is 12.3. The predicted octanol–water partition coefficient (Wildman–Crippen LogP) is 2.75. The van der Waals surface area contributed by atoms with Crippen molar-refractivity contribution >= 4 is 28.5 Å². The highest BCUT2D eigenvalue weighted by Gasteiger charge is 2.15. The van der Waals surface area contributed by atoms with Crippen LogP contribution in [0.5, 0.6) is 5.75 Å². The Labute approximate surface area is 141 Å². The van der Waals surface area contributed by atoms with E-state index in [9.17, 15) is 14.4 Å². The second kappa shape index (κ2) is 6.48. The minimum atomic E-state index is -1.12. The fourth-order valence-corrected chi connectivity index (χ4v) is 2.31. The van der Waals surface area contributed by atoms with Crippen LogP contribution in [0.3, 0.4) is 0 Å². The number of benzene rings is 2. The predicted molar refractivity (Wildman–Crippen MR) is 90.4 cm³/mol. The van der Waals surface area contributed by atoms with Crippen LogP contribution < -0.4 is 15.7 Å². The monoisotopic (exact) mass is 339 g/mol. The highest BCUT2D eigenvalue weighted by molar-refractivity contribution is 6.05. The number of methoxy groups -OCH3 is 1. The van der Waals surface area contributed by atoms with Crippen molar-refractivity contribution < 1.29 is 23.8 Å². The van der Waals surface area contributed by atoms with Crippen molar-refractivity contribution in [1.82, 2.24) is 0 Å². The van der Waals surface area contributed by atoms with Gasteiger partial charge in [0.15, 0.2) is 0 Å². The van der Waals surface area contributed by atoms with E-state index in [-0.39, 0.29) is 16.8 Å². The lowest BCUT2D eigenvalue weighted by Crippen LogP contribution is -2.20. The molecular weight excluding hydrogens is 326 g/mol. The summed E-state index contributed by atoms with van der Waals surface area (Å²) in [4.78, 5) is 35.4. The Hall–Kier alpha value is -3.61. The van der Waals surface area contributed by atoms with E-state index in [0.29, 0.717) is 16.7 Å². The Morgan fingerprint density at radius 1 is 1.12 bits per heavy atom. The molecule has 0 fully saturated rings. The van der Waals surface area contributed by atoms with Crippen LogP contribution in [0.25, 0.3) is 11.0 Å². The number of anilines is 1. The highest BCUT2D eigenvalue weighted by atomic mass is 16.5. The number of aromatic carboxylic acids is 1. The van der Waals surface area contributed by atoms with E-state index in [4.69, 9.17) is 14.3 Å². The normalized spacial score (nSPS) is 10.4. The van der Waals surface area contributed by atoms with E-state index in [1.807, 2.05) is 0 Å². The van der Waals surface area contributed by atoms with Crippen molar-refractivity contribution in [3.05, 3.63) is 70.1 Å². The van der Waals surface area contributed by atoms with E-state index in [1.165, 1.54) is 37.4 Å². The SMILES string of the molecule is COc1ccc2cc(C(=O)Nc3cccc(C(=O)O)c3)c(=O)oc2c1. The number of hydrogen-bond acceptors (Lipinski definition) is 5. The summed E-state index contributed by atoms with van der Waals surface area (Å²) in [6.07, 6.45) is 0. The fraction of sp³-hybridized carbons (Fsp3) is 0.0556. The Morgan fingerprint density at radius 2 is 1.92 bits per heavy atom. The van der Waals surface area contributed by atoms with Crippen molar-refractivity contribution in [2.45, 2.75) is 0 Å². The Balaban J connectivity index is 1.94. The lowest BCUT2D eigenvalue weighted by atomic mass is 10.1. The first-order valence-corrected chi connectivity index (χ1v) is 7.24. The van der Waals surface area contributed by atoms with E-state index in [2.05, 4.69) is 5.32 Å². The Morgan fingerprint density at radius 3 is 2.64 bits per heavy atom. The molecule has 3 aromatic rings. The standard InChI is InChI=1S/C18H13NO6/c1-24-13-6-5-10-8-14(18(23)25-15(10)9-13)16(20)19-12-4-2-3-11(7-12)17(21)22/h2-9H,1H3,(H,19,20)(H,21,22). The molecule has 25 heavy (non-hydrogen) atoms. The summed E-state index contributed by atoms with van der Waals surface area (Å²) in [5, 5.41) is 12.0. The number of carboxylic acids is 1. The number of hydrogen-bond donors (Lipinski definition) is 2. The van der Waals surface area contributed by atoms with Crippen LogP contribution in [0.1, 0.15) is 20.7 Å². The van der Waals surface area contributed by atoms with Crippen molar-refractivity contribution in [2.24, 2.45) is 0 Å². The minimum Gasteiger partial charge on any atom is -0.497 e. The van der Waals surface area contributed by atoms with Gasteiger partial charge in [0.1, 0.15) is 16.9 Å². The lowest BCUT2D eigenvalue weighted by molar-refractivity contribution is 0.0696. The number of ether oxygens (including phenoxy) is 1. The molecule has 126 valence electrons. The summed E-state index contributed by atoms with van der Waals surface area (Å²) in [6.45, 7) is 0. The van der Waals surface area contributed by atoms with Gasteiger partial charge in [0.25, 0.3) is 5.91 Å². The molecule has 3 rings (SSSR count). The average Bonchev–Trinajstić information content (AvgIpc) is 2.60. The van der Waals surface area contributed by atoms with E-state index >= 15 is 0 Å². The molecule has 0 aliphatic heterocycles. The molecule has 0 unspecified atom stereocenters. The molecular formula is C18H13NO6. The molecule has 0 radical (unpaired) electrons. The molecule has 7 heteroatoms. The van der Waals surface area contributed by atoms with Gasteiger partial charge < -0.3 is 19.6 Å². The third kappa shape index (κ3) is 3.35. The first-order valence-electron chi connectivity index (χ1n) is 7.24. The van der Waals surface area contributed by atoms with Crippen molar-refractivity contribution in [1.29, 1.82) is 0 Å². The number of rotatable bonds is 4. The van der Waals surface area contributed by atoms with Gasteiger partial charge in [0.2, 0.25) is 0 Å². The molecule has 0 bridgehead atoms. The van der Waals surface area contributed by atoms with Crippen LogP contribution in [0.2, 0.25) is 0 Å². The van der Waals surface area contributed by atoms with Crippen LogP contribution in [0.15, 0.2) is 57.7 Å². The molecule has 0 spiro atoms. The van der Waals surface area contributed by atoms with Gasteiger partial charge in [0, 0.05) is 17.1 Å². The van der Waals surface area contributed by atoms with Gasteiger partial charge >= 0.3 is 11.6 Å². The molecule has 2 aromatic carbocycles. The number of amides is 1. The lowest BCUT2D eigenvalue weighted by Gasteiger charge is -2.06.